The Bertz CT molecular complexity index is 938. The Kier molecular flexibility index (Phi) is 4.06. The summed E-state index contributed by atoms with van der Waals surface area (Å²) in [5.74, 6) is 1.78. The highest BCUT2D eigenvalue weighted by Crippen LogP contribution is 2.38. The van der Waals surface area contributed by atoms with E-state index >= 15 is 0 Å². The van der Waals surface area contributed by atoms with Gasteiger partial charge in [0.2, 0.25) is 0 Å². The van der Waals surface area contributed by atoms with Crippen LogP contribution in [0.5, 0.6) is 0 Å². The minimum absolute atomic E-state index is 0.882. The van der Waals surface area contributed by atoms with E-state index in [1.807, 2.05) is 36.4 Å². The molecule has 0 bridgehead atoms. The number of rotatable bonds is 3. The molecule has 0 radical (unpaired) electrons. The molecule has 0 saturated heterocycles. The third-order valence-corrected chi connectivity index (χ3v) is 4.51. The van der Waals surface area contributed by atoms with Crippen LogP contribution in [0.2, 0.25) is 0 Å². The van der Waals surface area contributed by atoms with Crippen LogP contribution in [0.3, 0.4) is 0 Å². The average molecular weight is 375 g/mol. The van der Waals surface area contributed by atoms with Gasteiger partial charge >= 0.3 is 0 Å². The molecule has 1 heterocycles. The van der Waals surface area contributed by atoms with Gasteiger partial charge in [-0.2, -0.15) is 0 Å². The van der Waals surface area contributed by atoms with Crippen LogP contribution in [-0.2, 0) is 0 Å². The van der Waals surface area contributed by atoms with Gasteiger partial charge in [0.25, 0.3) is 0 Å². The zero-order valence-corrected chi connectivity index (χ0v) is 14.5. The van der Waals surface area contributed by atoms with Crippen molar-refractivity contribution in [3.63, 3.8) is 0 Å². The van der Waals surface area contributed by atoms with Gasteiger partial charge in [-0.3, -0.25) is 0 Å². The minimum Gasteiger partial charge on any atom is -0.455 e. The van der Waals surface area contributed by atoms with Crippen LogP contribution in [0.1, 0.15) is 0 Å². The molecular weight excluding hydrogens is 360 g/mol. The first kappa shape index (κ1) is 15.0. The number of benzene rings is 3. The van der Waals surface area contributed by atoms with Crippen molar-refractivity contribution in [2.24, 2.45) is 0 Å². The van der Waals surface area contributed by atoms with Gasteiger partial charge < -0.3 is 4.42 Å². The lowest BCUT2D eigenvalue weighted by Gasteiger charge is -2.03. The zero-order valence-electron chi connectivity index (χ0n) is 12.9. The van der Waals surface area contributed by atoms with Crippen LogP contribution < -0.4 is 0 Å². The number of hydrogen-bond donors (Lipinski definition) is 0. The quantitative estimate of drug-likeness (QED) is 0.374. The van der Waals surface area contributed by atoms with Gasteiger partial charge in [0.1, 0.15) is 11.5 Å². The van der Waals surface area contributed by atoms with Crippen LogP contribution in [0, 0.1) is 0 Å². The van der Waals surface area contributed by atoms with Crippen molar-refractivity contribution in [3.8, 4) is 33.8 Å². The predicted molar refractivity (Wildman–Crippen MR) is 103 cm³/mol. The molecule has 4 rings (SSSR count). The summed E-state index contributed by atoms with van der Waals surface area (Å²) in [6, 6.07) is 30.9. The van der Waals surface area contributed by atoms with Crippen LogP contribution in [0.25, 0.3) is 33.8 Å². The fraction of sp³-hybridized carbons (Fsp3) is 0. The third-order valence-electron chi connectivity index (χ3n) is 3.98. The molecule has 0 atom stereocenters. The van der Waals surface area contributed by atoms with E-state index in [1.54, 1.807) is 0 Å². The highest BCUT2D eigenvalue weighted by molar-refractivity contribution is 9.10. The first-order valence-electron chi connectivity index (χ1n) is 7.82. The minimum atomic E-state index is 0.882. The Labute approximate surface area is 149 Å². The van der Waals surface area contributed by atoms with Crippen molar-refractivity contribution in [2.45, 2.75) is 0 Å². The first-order valence-corrected chi connectivity index (χ1v) is 8.61. The van der Waals surface area contributed by atoms with Crippen molar-refractivity contribution in [2.75, 3.05) is 0 Å². The van der Waals surface area contributed by atoms with E-state index in [2.05, 4.69) is 70.5 Å². The van der Waals surface area contributed by atoms with E-state index in [9.17, 15) is 0 Å². The molecule has 0 aliphatic rings. The Balaban J connectivity index is 1.90. The van der Waals surface area contributed by atoms with Crippen LogP contribution in [0.4, 0.5) is 0 Å². The van der Waals surface area contributed by atoms with E-state index in [1.165, 1.54) is 0 Å². The van der Waals surface area contributed by atoms with E-state index in [4.69, 9.17) is 4.42 Å². The molecule has 0 aliphatic heterocycles. The maximum atomic E-state index is 6.27. The molecule has 4 aromatic rings. The van der Waals surface area contributed by atoms with E-state index in [0.717, 1.165) is 38.2 Å². The van der Waals surface area contributed by atoms with Gasteiger partial charge in [0.05, 0.1) is 0 Å². The summed E-state index contributed by atoms with van der Waals surface area (Å²) in [5, 5.41) is 0. The first-order chi connectivity index (χ1) is 11.8. The molecule has 0 fully saturated rings. The Morgan fingerprint density at radius 2 is 1.17 bits per heavy atom. The fourth-order valence-corrected chi connectivity index (χ4v) is 3.05. The van der Waals surface area contributed by atoms with Crippen LogP contribution in [-0.4, -0.2) is 0 Å². The van der Waals surface area contributed by atoms with E-state index in [0.29, 0.717) is 0 Å². The molecule has 0 unspecified atom stereocenters. The summed E-state index contributed by atoms with van der Waals surface area (Å²) in [6.45, 7) is 0. The maximum absolute atomic E-state index is 6.27. The Morgan fingerprint density at radius 1 is 0.583 bits per heavy atom. The van der Waals surface area contributed by atoms with Crippen molar-refractivity contribution in [1.29, 1.82) is 0 Å². The van der Waals surface area contributed by atoms with Gasteiger partial charge in [-0.1, -0.05) is 88.7 Å². The highest BCUT2D eigenvalue weighted by Gasteiger charge is 2.15. The molecule has 24 heavy (non-hydrogen) atoms. The molecule has 1 nitrogen and oxygen atoms in total. The second-order valence-electron chi connectivity index (χ2n) is 5.59. The zero-order chi connectivity index (χ0) is 16.4. The monoisotopic (exact) mass is 374 g/mol. The lowest BCUT2D eigenvalue weighted by molar-refractivity contribution is 0.598. The SMILES string of the molecule is Brc1ccc(-c2oc(-c3ccccc3)cc2-c2ccccc2)cc1. The Hall–Kier alpha value is -2.58. The van der Waals surface area contributed by atoms with E-state index < -0.39 is 0 Å². The topological polar surface area (TPSA) is 13.1 Å². The summed E-state index contributed by atoms with van der Waals surface area (Å²) < 4.78 is 7.32. The lowest BCUT2D eigenvalue weighted by Crippen LogP contribution is -1.79. The molecule has 116 valence electrons. The molecule has 1 aromatic heterocycles. The van der Waals surface area contributed by atoms with Crippen molar-refractivity contribution >= 4 is 15.9 Å². The van der Waals surface area contributed by atoms with Crippen molar-refractivity contribution < 1.29 is 4.42 Å². The highest BCUT2D eigenvalue weighted by atomic mass is 79.9. The summed E-state index contributed by atoms with van der Waals surface area (Å²) in [7, 11) is 0. The second-order valence-corrected chi connectivity index (χ2v) is 6.51. The largest absolute Gasteiger partial charge is 0.455 e. The van der Waals surface area contributed by atoms with Gasteiger partial charge in [0, 0.05) is 21.2 Å². The summed E-state index contributed by atoms with van der Waals surface area (Å²) >= 11 is 3.49. The predicted octanol–water partition coefficient (Wildman–Crippen LogP) is 7.04. The molecule has 3 aromatic carbocycles. The van der Waals surface area contributed by atoms with Crippen LogP contribution >= 0.6 is 15.9 Å². The number of hydrogen-bond acceptors (Lipinski definition) is 1. The number of furan rings is 1. The number of halogens is 1. The molecule has 0 amide bonds. The fourth-order valence-electron chi connectivity index (χ4n) is 2.78. The molecule has 0 aliphatic carbocycles. The second kappa shape index (κ2) is 6.50. The van der Waals surface area contributed by atoms with Gasteiger partial charge in [0.15, 0.2) is 0 Å². The standard InChI is InChI=1S/C22H15BrO/c23-19-13-11-18(12-14-19)22-20(16-7-3-1-4-8-16)15-21(24-22)17-9-5-2-6-10-17/h1-15H. The Morgan fingerprint density at radius 3 is 1.79 bits per heavy atom. The normalized spacial score (nSPS) is 10.7. The molecule has 0 spiro atoms. The maximum Gasteiger partial charge on any atom is 0.142 e. The third kappa shape index (κ3) is 2.93. The molecule has 0 N–H and O–H groups in total. The van der Waals surface area contributed by atoms with E-state index in [-0.39, 0.29) is 0 Å². The van der Waals surface area contributed by atoms with Gasteiger partial charge in [-0.15, -0.1) is 0 Å². The van der Waals surface area contributed by atoms with Gasteiger partial charge in [-0.25, -0.2) is 0 Å². The van der Waals surface area contributed by atoms with Crippen molar-refractivity contribution in [3.05, 3.63) is 95.5 Å². The van der Waals surface area contributed by atoms with Crippen LogP contribution in [0.15, 0.2) is 99.9 Å². The van der Waals surface area contributed by atoms with Gasteiger partial charge in [-0.05, 0) is 23.8 Å². The average Bonchev–Trinajstić information content (AvgIpc) is 3.09. The molecule has 2 heteroatoms. The summed E-state index contributed by atoms with van der Waals surface area (Å²) in [4.78, 5) is 0. The molecule has 0 saturated carbocycles. The van der Waals surface area contributed by atoms with Crippen molar-refractivity contribution in [1.82, 2.24) is 0 Å². The lowest BCUT2D eigenvalue weighted by atomic mass is 10.0. The summed E-state index contributed by atoms with van der Waals surface area (Å²) in [5.41, 5.74) is 4.41. The molecular formula is C22H15BrO. The summed E-state index contributed by atoms with van der Waals surface area (Å²) in [6.07, 6.45) is 0. The smallest absolute Gasteiger partial charge is 0.142 e.